The molecular formula is C14H19F4NO2. The van der Waals surface area contributed by atoms with Gasteiger partial charge in [-0.15, -0.1) is 0 Å². The third-order valence-electron chi connectivity index (χ3n) is 2.69. The molecule has 0 amide bonds. The van der Waals surface area contributed by atoms with E-state index >= 15 is 0 Å². The maximum atomic E-state index is 13.5. The van der Waals surface area contributed by atoms with Crippen LogP contribution in [-0.4, -0.2) is 26.0 Å². The van der Waals surface area contributed by atoms with Gasteiger partial charge in [-0.1, -0.05) is 0 Å². The highest BCUT2D eigenvalue weighted by atomic mass is 19.4. The van der Waals surface area contributed by atoms with Crippen molar-refractivity contribution in [3.63, 3.8) is 0 Å². The van der Waals surface area contributed by atoms with Crippen molar-refractivity contribution in [3.05, 3.63) is 29.6 Å². The lowest BCUT2D eigenvalue weighted by Gasteiger charge is -2.18. The summed E-state index contributed by atoms with van der Waals surface area (Å²) in [6, 6.07) is 2.27. The molecule has 0 spiro atoms. The van der Waals surface area contributed by atoms with E-state index in [0.717, 1.165) is 12.1 Å². The number of ether oxygens (including phenoxy) is 2. The van der Waals surface area contributed by atoms with E-state index in [-0.39, 0.29) is 12.2 Å². The van der Waals surface area contributed by atoms with Gasteiger partial charge in [0, 0.05) is 26.2 Å². The van der Waals surface area contributed by atoms with E-state index in [9.17, 15) is 17.6 Å². The van der Waals surface area contributed by atoms with Crippen LogP contribution in [0.1, 0.15) is 25.8 Å². The van der Waals surface area contributed by atoms with Crippen LogP contribution in [0.2, 0.25) is 0 Å². The molecular weight excluding hydrogens is 290 g/mol. The zero-order valence-corrected chi connectivity index (χ0v) is 12.0. The number of alkyl halides is 3. The van der Waals surface area contributed by atoms with Gasteiger partial charge in [0.15, 0.2) is 6.29 Å². The second-order valence-corrected chi connectivity index (χ2v) is 4.25. The average Bonchev–Trinajstić information content (AvgIpc) is 2.40. The Morgan fingerprint density at radius 3 is 2.29 bits per heavy atom. The summed E-state index contributed by atoms with van der Waals surface area (Å²) in [5.74, 6) is -0.729. The highest BCUT2D eigenvalue weighted by Crippen LogP contribution is 2.31. The van der Waals surface area contributed by atoms with Crippen molar-refractivity contribution in [1.29, 1.82) is 0 Å². The minimum Gasteiger partial charge on any atom is -0.382 e. The van der Waals surface area contributed by atoms with Crippen molar-refractivity contribution in [1.82, 2.24) is 0 Å². The number of rotatable bonds is 8. The van der Waals surface area contributed by atoms with Gasteiger partial charge in [-0.2, -0.15) is 13.2 Å². The van der Waals surface area contributed by atoms with Crippen molar-refractivity contribution >= 4 is 5.69 Å². The molecule has 0 saturated carbocycles. The van der Waals surface area contributed by atoms with E-state index in [1.807, 2.05) is 13.8 Å². The zero-order chi connectivity index (χ0) is 15.9. The fourth-order valence-electron chi connectivity index (χ4n) is 1.75. The van der Waals surface area contributed by atoms with E-state index in [1.54, 1.807) is 0 Å². The molecule has 120 valence electrons. The predicted molar refractivity (Wildman–Crippen MR) is 71.5 cm³/mol. The smallest absolute Gasteiger partial charge is 0.382 e. The first-order chi connectivity index (χ1) is 9.88. The highest BCUT2D eigenvalue weighted by Gasteiger charge is 2.31. The molecule has 0 fully saturated rings. The maximum Gasteiger partial charge on any atom is 0.416 e. The zero-order valence-electron chi connectivity index (χ0n) is 12.0. The molecule has 1 N–H and O–H groups in total. The molecule has 0 atom stereocenters. The lowest BCUT2D eigenvalue weighted by atomic mass is 10.2. The lowest BCUT2D eigenvalue weighted by Crippen LogP contribution is -2.21. The van der Waals surface area contributed by atoms with Gasteiger partial charge in [-0.25, -0.2) is 4.39 Å². The normalized spacial score (nSPS) is 12.0. The van der Waals surface area contributed by atoms with Gasteiger partial charge in [0.2, 0.25) is 0 Å². The Kier molecular flexibility index (Phi) is 6.91. The third-order valence-corrected chi connectivity index (χ3v) is 2.69. The molecule has 0 bridgehead atoms. The molecule has 0 radical (unpaired) electrons. The van der Waals surface area contributed by atoms with Gasteiger partial charge in [0.1, 0.15) is 5.82 Å². The number of hydrogen-bond acceptors (Lipinski definition) is 3. The van der Waals surface area contributed by atoms with E-state index in [4.69, 9.17) is 9.47 Å². The van der Waals surface area contributed by atoms with Gasteiger partial charge >= 0.3 is 6.18 Å². The Morgan fingerprint density at radius 2 is 1.76 bits per heavy atom. The Bertz CT molecular complexity index is 431. The molecule has 1 aromatic rings. The third kappa shape index (κ3) is 5.89. The summed E-state index contributed by atoms with van der Waals surface area (Å²) in [7, 11) is 0. The van der Waals surface area contributed by atoms with Crippen molar-refractivity contribution in [3.8, 4) is 0 Å². The molecule has 1 rings (SSSR count). The van der Waals surface area contributed by atoms with Crippen LogP contribution >= 0.6 is 0 Å². The number of halogens is 4. The molecule has 0 saturated heterocycles. The molecule has 3 nitrogen and oxygen atoms in total. The summed E-state index contributed by atoms with van der Waals surface area (Å²) in [6.07, 6.45) is -4.55. The first-order valence-corrected chi connectivity index (χ1v) is 6.72. The van der Waals surface area contributed by atoms with Crippen molar-refractivity contribution in [2.24, 2.45) is 0 Å². The Labute approximate surface area is 121 Å². The van der Waals surface area contributed by atoms with Gasteiger partial charge in [-0.3, -0.25) is 0 Å². The van der Waals surface area contributed by atoms with Crippen molar-refractivity contribution < 1.29 is 27.0 Å². The number of hydrogen-bond donors (Lipinski definition) is 1. The summed E-state index contributed by atoms with van der Waals surface area (Å²) in [4.78, 5) is 0. The average molecular weight is 309 g/mol. The number of nitrogens with one attached hydrogen (secondary N) is 1. The predicted octanol–water partition coefficient (Wildman–Crippen LogP) is 4.05. The second kappa shape index (κ2) is 8.19. The molecule has 0 heterocycles. The Morgan fingerprint density at radius 1 is 1.14 bits per heavy atom. The summed E-state index contributed by atoms with van der Waals surface area (Å²) in [5.41, 5.74) is -1.07. The monoisotopic (exact) mass is 309 g/mol. The summed E-state index contributed by atoms with van der Waals surface area (Å²) in [5, 5.41) is 2.64. The van der Waals surface area contributed by atoms with E-state index in [2.05, 4.69) is 5.32 Å². The van der Waals surface area contributed by atoms with Gasteiger partial charge < -0.3 is 14.8 Å². The minimum atomic E-state index is -4.50. The molecule has 0 aliphatic rings. The van der Waals surface area contributed by atoms with E-state index in [0.29, 0.717) is 25.7 Å². The highest BCUT2D eigenvalue weighted by molar-refractivity contribution is 5.48. The second-order valence-electron chi connectivity index (χ2n) is 4.25. The van der Waals surface area contributed by atoms with E-state index < -0.39 is 23.8 Å². The number of benzene rings is 1. The summed E-state index contributed by atoms with van der Waals surface area (Å²) in [6.45, 7) is 4.78. The SMILES string of the molecule is CCOC(CCNc1cc(C(F)(F)F)ccc1F)OCC. The molecule has 0 aromatic heterocycles. The largest absolute Gasteiger partial charge is 0.416 e. The Balaban J connectivity index is 2.62. The molecule has 0 unspecified atom stereocenters. The first-order valence-electron chi connectivity index (χ1n) is 6.72. The van der Waals surface area contributed by atoms with Crippen LogP contribution in [0.5, 0.6) is 0 Å². The summed E-state index contributed by atoms with van der Waals surface area (Å²) >= 11 is 0. The van der Waals surface area contributed by atoms with Gasteiger partial charge in [-0.05, 0) is 32.0 Å². The molecule has 21 heavy (non-hydrogen) atoms. The van der Waals surface area contributed by atoms with Crippen LogP contribution in [0, 0.1) is 5.82 Å². The quantitative estimate of drug-likeness (QED) is 0.580. The maximum absolute atomic E-state index is 13.5. The lowest BCUT2D eigenvalue weighted by molar-refractivity contribution is -0.138. The number of anilines is 1. The van der Waals surface area contributed by atoms with Crippen LogP contribution in [0.3, 0.4) is 0 Å². The summed E-state index contributed by atoms with van der Waals surface area (Å²) < 4.78 is 61.8. The van der Waals surface area contributed by atoms with Crippen LogP contribution in [0.25, 0.3) is 0 Å². The Hall–Kier alpha value is -1.34. The fourth-order valence-corrected chi connectivity index (χ4v) is 1.75. The van der Waals surface area contributed by atoms with Crippen molar-refractivity contribution in [2.45, 2.75) is 32.7 Å². The van der Waals surface area contributed by atoms with Gasteiger partial charge in [0.05, 0.1) is 11.3 Å². The molecule has 7 heteroatoms. The topological polar surface area (TPSA) is 30.5 Å². The fraction of sp³-hybridized carbons (Fsp3) is 0.571. The van der Waals surface area contributed by atoms with Crippen LogP contribution in [0.4, 0.5) is 23.2 Å². The van der Waals surface area contributed by atoms with Crippen LogP contribution < -0.4 is 5.32 Å². The van der Waals surface area contributed by atoms with Crippen LogP contribution in [-0.2, 0) is 15.7 Å². The molecule has 1 aromatic carbocycles. The molecule has 0 aliphatic heterocycles. The molecule has 0 aliphatic carbocycles. The minimum absolute atomic E-state index is 0.184. The van der Waals surface area contributed by atoms with Crippen molar-refractivity contribution in [2.75, 3.05) is 25.1 Å². The standard InChI is InChI=1S/C14H19F4NO2/c1-3-20-13(21-4-2)7-8-19-12-9-10(14(16,17)18)5-6-11(12)15/h5-6,9,13,19H,3-4,7-8H2,1-2H3. The van der Waals surface area contributed by atoms with Gasteiger partial charge in [0.25, 0.3) is 0 Å². The van der Waals surface area contributed by atoms with E-state index in [1.165, 1.54) is 0 Å². The first kappa shape index (κ1) is 17.7. The van der Waals surface area contributed by atoms with Crippen LogP contribution in [0.15, 0.2) is 18.2 Å².